The molecule has 2 aromatic carbocycles. The van der Waals surface area contributed by atoms with Crippen molar-refractivity contribution in [1.29, 1.82) is 0 Å². The molecule has 0 aliphatic rings. The second-order valence-electron chi connectivity index (χ2n) is 4.24. The van der Waals surface area contributed by atoms with E-state index in [9.17, 15) is 9.18 Å². The number of anilines is 1. The highest BCUT2D eigenvalue weighted by Gasteiger charge is 1.98. The quantitative estimate of drug-likeness (QED) is 0.831. The predicted octanol–water partition coefficient (Wildman–Crippen LogP) is 3.79. The first kappa shape index (κ1) is 13.0. The molecule has 0 atom stereocenters. The van der Waals surface area contributed by atoms with Crippen LogP contribution in [-0.4, -0.2) is 5.91 Å². The van der Waals surface area contributed by atoms with E-state index in [1.54, 1.807) is 18.2 Å². The van der Waals surface area contributed by atoms with Gasteiger partial charge in [0.15, 0.2) is 0 Å². The SMILES string of the molecule is Cc1ccc(C=CC(=O)Nc2cccc(F)c2)cc1. The number of carbonyl (C=O) groups is 1. The zero-order valence-corrected chi connectivity index (χ0v) is 10.6. The molecule has 0 heterocycles. The van der Waals surface area contributed by atoms with E-state index < -0.39 is 0 Å². The fourth-order valence-electron chi connectivity index (χ4n) is 1.60. The third kappa shape index (κ3) is 4.07. The molecule has 2 rings (SSSR count). The van der Waals surface area contributed by atoms with Crippen LogP contribution in [0.1, 0.15) is 11.1 Å². The lowest BCUT2D eigenvalue weighted by molar-refractivity contribution is -0.111. The molecule has 19 heavy (non-hydrogen) atoms. The van der Waals surface area contributed by atoms with Crippen molar-refractivity contribution in [3.63, 3.8) is 0 Å². The van der Waals surface area contributed by atoms with Gasteiger partial charge in [0.1, 0.15) is 5.82 Å². The van der Waals surface area contributed by atoms with E-state index in [0.717, 1.165) is 5.56 Å². The Labute approximate surface area is 111 Å². The molecule has 0 aliphatic carbocycles. The molecule has 0 radical (unpaired) electrons. The molecule has 0 aromatic heterocycles. The van der Waals surface area contributed by atoms with Gasteiger partial charge in [-0.3, -0.25) is 4.79 Å². The fraction of sp³-hybridized carbons (Fsp3) is 0.0625. The number of benzene rings is 2. The molecule has 0 spiro atoms. The lowest BCUT2D eigenvalue weighted by atomic mass is 10.1. The van der Waals surface area contributed by atoms with Gasteiger partial charge in [-0.05, 0) is 36.8 Å². The van der Waals surface area contributed by atoms with E-state index in [4.69, 9.17) is 0 Å². The number of amides is 1. The lowest BCUT2D eigenvalue weighted by Gasteiger charge is -2.01. The first-order chi connectivity index (χ1) is 9.13. The Morgan fingerprint density at radius 2 is 1.89 bits per heavy atom. The second kappa shape index (κ2) is 5.96. The summed E-state index contributed by atoms with van der Waals surface area (Å²) in [5.41, 5.74) is 2.56. The van der Waals surface area contributed by atoms with E-state index in [1.807, 2.05) is 31.2 Å². The monoisotopic (exact) mass is 255 g/mol. The molecular weight excluding hydrogens is 241 g/mol. The highest BCUT2D eigenvalue weighted by Crippen LogP contribution is 2.09. The summed E-state index contributed by atoms with van der Waals surface area (Å²) in [6.07, 6.45) is 3.14. The van der Waals surface area contributed by atoms with Crippen molar-refractivity contribution in [3.8, 4) is 0 Å². The van der Waals surface area contributed by atoms with E-state index in [2.05, 4.69) is 5.32 Å². The summed E-state index contributed by atoms with van der Waals surface area (Å²) >= 11 is 0. The Bertz CT molecular complexity index is 602. The number of aryl methyl sites for hydroxylation is 1. The maximum Gasteiger partial charge on any atom is 0.248 e. The minimum Gasteiger partial charge on any atom is -0.322 e. The topological polar surface area (TPSA) is 29.1 Å². The second-order valence-corrected chi connectivity index (χ2v) is 4.24. The maximum atomic E-state index is 12.9. The van der Waals surface area contributed by atoms with Gasteiger partial charge in [0.05, 0.1) is 0 Å². The van der Waals surface area contributed by atoms with Gasteiger partial charge in [-0.2, -0.15) is 0 Å². The van der Waals surface area contributed by atoms with Crippen LogP contribution in [0.25, 0.3) is 6.08 Å². The average Bonchev–Trinajstić information content (AvgIpc) is 2.38. The summed E-state index contributed by atoms with van der Waals surface area (Å²) < 4.78 is 12.9. The number of hydrogen-bond donors (Lipinski definition) is 1. The molecule has 2 aromatic rings. The van der Waals surface area contributed by atoms with E-state index in [0.29, 0.717) is 5.69 Å². The van der Waals surface area contributed by atoms with Crippen LogP contribution >= 0.6 is 0 Å². The Hall–Kier alpha value is -2.42. The summed E-state index contributed by atoms with van der Waals surface area (Å²) in [7, 11) is 0. The largest absolute Gasteiger partial charge is 0.322 e. The van der Waals surface area contributed by atoms with Crippen molar-refractivity contribution >= 4 is 17.7 Å². The first-order valence-corrected chi connectivity index (χ1v) is 5.95. The Balaban J connectivity index is 1.99. The number of nitrogens with one attached hydrogen (secondary N) is 1. The number of carbonyl (C=O) groups excluding carboxylic acids is 1. The van der Waals surface area contributed by atoms with Gasteiger partial charge in [-0.25, -0.2) is 4.39 Å². The van der Waals surface area contributed by atoms with Crippen molar-refractivity contribution < 1.29 is 9.18 Å². The molecule has 1 N–H and O–H groups in total. The van der Waals surface area contributed by atoms with Crippen LogP contribution in [-0.2, 0) is 4.79 Å². The van der Waals surface area contributed by atoms with E-state index >= 15 is 0 Å². The smallest absolute Gasteiger partial charge is 0.248 e. The molecule has 2 nitrogen and oxygen atoms in total. The van der Waals surface area contributed by atoms with Gasteiger partial charge in [0, 0.05) is 11.8 Å². The van der Waals surface area contributed by atoms with Crippen LogP contribution in [0.3, 0.4) is 0 Å². The highest BCUT2D eigenvalue weighted by atomic mass is 19.1. The predicted molar refractivity (Wildman–Crippen MR) is 75.2 cm³/mol. The molecule has 96 valence electrons. The number of rotatable bonds is 3. The summed E-state index contributed by atoms with van der Waals surface area (Å²) in [5, 5.41) is 2.60. The molecule has 0 bridgehead atoms. The normalized spacial score (nSPS) is 10.6. The lowest BCUT2D eigenvalue weighted by Crippen LogP contribution is -2.07. The average molecular weight is 255 g/mol. The van der Waals surface area contributed by atoms with Crippen LogP contribution in [0.4, 0.5) is 10.1 Å². The van der Waals surface area contributed by atoms with Crippen molar-refractivity contribution in [1.82, 2.24) is 0 Å². The third-order valence-corrected chi connectivity index (χ3v) is 2.60. The summed E-state index contributed by atoms with van der Waals surface area (Å²) in [6, 6.07) is 13.6. The minimum atomic E-state index is -0.375. The maximum absolute atomic E-state index is 12.9. The fourth-order valence-corrected chi connectivity index (χ4v) is 1.60. The van der Waals surface area contributed by atoms with Crippen LogP contribution in [0.2, 0.25) is 0 Å². The standard InChI is InChI=1S/C16H14FNO/c1-12-5-7-13(8-6-12)9-10-16(19)18-15-4-2-3-14(17)11-15/h2-11H,1H3,(H,18,19). The Morgan fingerprint density at radius 1 is 1.16 bits per heavy atom. The van der Waals surface area contributed by atoms with Crippen LogP contribution in [0.15, 0.2) is 54.6 Å². The van der Waals surface area contributed by atoms with Crippen LogP contribution < -0.4 is 5.32 Å². The van der Waals surface area contributed by atoms with Crippen molar-refractivity contribution in [2.75, 3.05) is 5.32 Å². The van der Waals surface area contributed by atoms with Gasteiger partial charge in [0.2, 0.25) is 5.91 Å². The van der Waals surface area contributed by atoms with Gasteiger partial charge in [-0.15, -0.1) is 0 Å². The van der Waals surface area contributed by atoms with E-state index in [-0.39, 0.29) is 11.7 Å². The molecule has 0 saturated heterocycles. The van der Waals surface area contributed by atoms with Crippen molar-refractivity contribution in [2.24, 2.45) is 0 Å². The molecule has 0 fully saturated rings. The van der Waals surface area contributed by atoms with Crippen LogP contribution in [0.5, 0.6) is 0 Å². The molecular formula is C16H14FNO. The van der Waals surface area contributed by atoms with Gasteiger partial charge >= 0.3 is 0 Å². The van der Waals surface area contributed by atoms with Gasteiger partial charge < -0.3 is 5.32 Å². The summed E-state index contributed by atoms with van der Waals surface area (Å²) in [6.45, 7) is 2.00. The summed E-state index contributed by atoms with van der Waals surface area (Å²) in [5.74, 6) is -0.661. The zero-order chi connectivity index (χ0) is 13.7. The highest BCUT2D eigenvalue weighted by molar-refractivity contribution is 6.01. The molecule has 3 heteroatoms. The third-order valence-electron chi connectivity index (χ3n) is 2.60. The number of hydrogen-bond acceptors (Lipinski definition) is 1. The van der Waals surface area contributed by atoms with Crippen molar-refractivity contribution in [2.45, 2.75) is 6.92 Å². The Kier molecular flexibility index (Phi) is 4.08. The van der Waals surface area contributed by atoms with Crippen LogP contribution in [0, 0.1) is 12.7 Å². The van der Waals surface area contributed by atoms with Crippen molar-refractivity contribution in [3.05, 3.63) is 71.6 Å². The molecule has 0 saturated carbocycles. The first-order valence-electron chi connectivity index (χ1n) is 5.95. The van der Waals surface area contributed by atoms with Gasteiger partial charge in [-0.1, -0.05) is 35.9 Å². The Morgan fingerprint density at radius 3 is 2.58 bits per heavy atom. The molecule has 1 amide bonds. The minimum absolute atomic E-state index is 0.286. The molecule has 0 unspecified atom stereocenters. The number of halogens is 1. The van der Waals surface area contributed by atoms with Gasteiger partial charge in [0.25, 0.3) is 0 Å². The zero-order valence-electron chi connectivity index (χ0n) is 10.6. The summed E-state index contributed by atoms with van der Waals surface area (Å²) in [4.78, 5) is 11.6. The van der Waals surface area contributed by atoms with E-state index in [1.165, 1.54) is 23.8 Å². The molecule has 0 aliphatic heterocycles.